The Bertz CT molecular complexity index is 1470. The molecule has 0 saturated heterocycles. The number of benzene rings is 2. The van der Waals surface area contributed by atoms with Crippen LogP contribution in [0.5, 0.6) is 5.75 Å². The summed E-state index contributed by atoms with van der Waals surface area (Å²) in [4.78, 5) is 19.9. The monoisotopic (exact) mass is 465 g/mol. The van der Waals surface area contributed by atoms with E-state index in [0.717, 1.165) is 39.6 Å². The molecule has 34 heavy (non-hydrogen) atoms. The van der Waals surface area contributed by atoms with Gasteiger partial charge >= 0.3 is 12.4 Å². The van der Waals surface area contributed by atoms with Crippen LogP contribution in [-0.2, 0) is 6.54 Å². The molecule has 0 fully saturated rings. The third-order valence-corrected chi connectivity index (χ3v) is 5.30. The topological polar surface area (TPSA) is 84.0 Å². The Balaban J connectivity index is 1.31. The Hall–Kier alpha value is -4.47. The molecule has 5 rings (SSSR count). The molecule has 0 saturated carbocycles. The summed E-state index contributed by atoms with van der Waals surface area (Å²) in [6.45, 7) is 0.627. The van der Waals surface area contributed by atoms with E-state index in [0.29, 0.717) is 17.9 Å². The summed E-state index contributed by atoms with van der Waals surface area (Å²) in [5.74, 6) is -0.365. The number of hydrogen-bond acceptors (Lipinski definition) is 3. The van der Waals surface area contributed by atoms with Gasteiger partial charge in [0.25, 0.3) is 0 Å². The first kappa shape index (κ1) is 21.4. The SMILES string of the molecule is O=C(Nc1ccc(OC(F)(F)F)cc1)Nc1cccc2c1ccn2Cc1ccnc2[nH]ccc12. The van der Waals surface area contributed by atoms with Crippen LogP contribution in [0.3, 0.4) is 0 Å². The summed E-state index contributed by atoms with van der Waals surface area (Å²) in [5.41, 5.74) is 3.80. The van der Waals surface area contributed by atoms with Gasteiger partial charge in [0.1, 0.15) is 11.4 Å². The van der Waals surface area contributed by atoms with E-state index in [1.165, 1.54) is 12.1 Å². The van der Waals surface area contributed by atoms with Crippen molar-refractivity contribution in [2.45, 2.75) is 12.9 Å². The number of H-pyrrole nitrogens is 1. The fourth-order valence-corrected chi connectivity index (χ4v) is 3.83. The van der Waals surface area contributed by atoms with Crippen LogP contribution in [0.25, 0.3) is 21.9 Å². The first-order chi connectivity index (χ1) is 16.4. The summed E-state index contributed by atoms with van der Waals surface area (Å²) in [7, 11) is 0. The number of hydrogen-bond donors (Lipinski definition) is 3. The van der Waals surface area contributed by atoms with Crippen LogP contribution in [0.15, 0.2) is 79.3 Å². The molecule has 3 heterocycles. The van der Waals surface area contributed by atoms with Gasteiger partial charge in [-0.2, -0.15) is 0 Å². The summed E-state index contributed by atoms with van der Waals surface area (Å²) >= 11 is 0. The quantitative estimate of drug-likeness (QED) is 0.293. The maximum absolute atomic E-state index is 12.5. The molecule has 0 atom stereocenters. The maximum atomic E-state index is 12.5. The van der Waals surface area contributed by atoms with Crippen molar-refractivity contribution in [1.29, 1.82) is 0 Å². The number of halogens is 3. The van der Waals surface area contributed by atoms with Gasteiger partial charge in [-0.05, 0) is 60.2 Å². The lowest BCUT2D eigenvalue weighted by Gasteiger charge is -2.11. The number of rotatable bonds is 5. The van der Waals surface area contributed by atoms with Gasteiger partial charge in [0, 0.05) is 41.6 Å². The van der Waals surface area contributed by atoms with E-state index in [1.807, 2.05) is 42.7 Å². The first-order valence-electron chi connectivity index (χ1n) is 10.3. The van der Waals surface area contributed by atoms with Crippen LogP contribution in [-0.4, -0.2) is 26.9 Å². The minimum Gasteiger partial charge on any atom is -0.406 e. The number of nitrogens with one attached hydrogen (secondary N) is 3. The van der Waals surface area contributed by atoms with Gasteiger partial charge in [-0.15, -0.1) is 13.2 Å². The molecule has 3 aromatic heterocycles. The van der Waals surface area contributed by atoms with Gasteiger partial charge in [0.15, 0.2) is 0 Å². The van der Waals surface area contributed by atoms with Gasteiger partial charge in [0.05, 0.1) is 11.2 Å². The summed E-state index contributed by atoms with van der Waals surface area (Å²) < 4.78 is 42.8. The fourth-order valence-electron chi connectivity index (χ4n) is 3.83. The van der Waals surface area contributed by atoms with E-state index in [-0.39, 0.29) is 5.75 Å². The Morgan fingerprint density at radius 1 is 1.00 bits per heavy atom. The lowest BCUT2D eigenvalue weighted by atomic mass is 10.2. The summed E-state index contributed by atoms with van der Waals surface area (Å²) in [5, 5.41) is 7.30. The molecular weight excluding hydrogens is 447 g/mol. The van der Waals surface area contributed by atoms with Crippen molar-refractivity contribution in [2.75, 3.05) is 10.6 Å². The molecule has 7 nitrogen and oxygen atoms in total. The number of alkyl halides is 3. The van der Waals surface area contributed by atoms with Crippen LogP contribution >= 0.6 is 0 Å². The normalized spacial score (nSPS) is 11.6. The number of nitrogens with zero attached hydrogens (tertiary/aromatic N) is 2. The minimum atomic E-state index is -4.77. The predicted molar refractivity (Wildman–Crippen MR) is 123 cm³/mol. The van der Waals surface area contributed by atoms with Crippen molar-refractivity contribution in [2.24, 2.45) is 0 Å². The second-order valence-corrected chi connectivity index (χ2v) is 7.54. The van der Waals surface area contributed by atoms with Gasteiger partial charge in [0.2, 0.25) is 0 Å². The van der Waals surface area contributed by atoms with E-state index in [1.54, 1.807) is 12.3 Å². The molecule has 3 N–H and O–H groups in total. The van der Waals surface area contributed by atoms with Gasteiger partial charge in [-0.25, -0.2) is 9.78 Å². The number of carbonyl (C=O) groups is 1. The highest BCUT2D eigenvalue weighted by atomic mass is 19.4. The zero-order valence-electron chi connectivity index (χ0n) is 17.6. The standard InChI is InChI=1S/C24H18F3N5O2/c25-24(26,27)34-17-6-4-16(5-7-17)30-23(33)31-20-2-1-3-21-19(20)10-13-32(21)14-15-8-11-28-22-18(15)9-12-29-22/h1-13H,14H2,(H,28,29)(H2,30,31,33). The molecule has 0 unspecified atom stereocenters. The van der Waals surface area contributed by atoms with Crippen LogP contribution < -0.4 is 15.4 Å². The summed E-state index contributed by atoms with van der Waals surface area (Å²) in [6.07, 6.45) is 0.796. The smallest absolute Gasteiger partial charge is 0.406 e. The van der Waals surface area contributed by atoms with Crippen molar-refractivity contribution in [3.63, 3.8) is 0 Å². The zero-order chi connectivity index (χ0) is 23.7. The number of aromatic amines is 1. The molecular formula is C24H18F3N5O2. The first-order valence-corrected chi connectivity index (χ1v) is 10.3. The van der Waals surface area contributed by atoms with Gasteiger partial charge in [-0.1, -0.05) is 6.07 Å². The maximum Gasteiger partial charge on any atom is 0.573 e. The number of fused-ring (bicyclic) bond motifs is 2. The van der Waals surface area contributed by atoms with Gasteiger partial charge in [-0.3, -0.25) is 0 Å². The van der Waals surface area contributed by atoms with E-state index in [2.05, 4.69) is 29.9 Å². The Kier molecular flexibility index (Phi) is 5.33. The van der Waals surface area contributed by atoms with Crippen molar-refractivity contribution in [3.05, 3.63) is 84.8 Å². The van der Waals surface area contributed by atoms with Crippen molar-refractivity contribution in [3.8, 4) is 5.75 Å². The lowest BCUT2D eigenvalue weighted by Crippen LogP contribution is -2.20. The molecule has 0 bridgehead atoms. The Labute approximate surface area is 191 Å². The average molecular weight is 465 g/mol. The molecule has 0 aliphatic heterocycles. The predicted octanol–water partition coefficient (Wildman–Crippen LogP) is 6.11. The van der Waals surface area contributed by atoms with Gasteiger partial charge < -0.3 is 24.9 Å². The number of anilines is 2. The van der Waals surface area contributed by atoms with Crippen molar-refractivity contribution in [1.82, 2.24) is 14.5 Å². The van der Waals surface area contributed by atoms with Crippen LogP contribution in [0.1, 0.15) is 5.56 Å². The largest absolute Gasteiger partial charge is 0.573 e. The lowest BCUT2D eigenvalue weighted by molar-refractivity contribution is -0.274. The summed E-state index contributed by atoms with van der Waals surface area (Å²) in [6, 6.07) is 15.9. The molecule has 10 heteroatoms. The molecule has 172 valence electrons. The van der Waals surface area contributed by atoms with Crippen LogP contribution in [0, 0.1) is 0 Å². The molecule has 2 aromatic carbocycles. The molecule has 0 aliphatic rings. The number of ether oxygens (including phenoxy) is 1. The number of amides is 2. The van der Waals surface area contributed by atoms with Crippen LogP contribution in [0.4, 0.5) is 29.3 Å². The van der Waals surface area contributed by atoms with E-state index in [4.69, 9.17) is 0 Å². The fraction of sp³-hybridized carbons (Fsp3) is 0.0833. The molecule has 2 amide bonds. The van der Waals surface area contributed by atoms with E-state index < -0.39 is 12.4 Å². The van der Waals surface area contributed by atoms with E-state index >= 15 is 0 Å². The second kappa shape index (κ2) is 8.47. The number of pyridine rings is 1. The molecule has 0 aliphatic carbocycles. The van der Waals surface area contributed by atoms with Crippen molar-refractivity contribution >= 4 is 39.3 Å². The minimum absolute atomic E-state index is 0.324. The zero-order valence-corrected chi connectivity index (χ0v) is 17.6. The second-order valence-electron chi connectivity index (χ2n) is 7.54. The highest BCUT2D eigenvalue weighted by Crippen LogP contribution is 2.27. The Morgan fingerprint density at radius 2 is 1.82 bits per heavy atom. The average Bonchev–Trinajstić information content (AvgIpc) is 3.43. The molecule has 0 radical (unpaired) electrons. The van der Waals surface area contributed by atoms with Crippen LogP contribution in [0.2, 0.25) is 0 Å². The number of aromatic nitrogens is 3. The highest BCUT2D eigenvalue weighted by Gasteiger charge is 2.31. The number of urea groups is 1. The third kappa shape index (κ3) is 4.51. The molecule has 0 spiro atoms. The molecule has 5 aromatic rings. The highest BCUT2D eigenvalue weighted by molar-refractivity contribution is 6.05. The Morgan fingerprint density at radius 3 is 2.62 bits per heavy atom. The van der Waals surface area contributed by atoms with E-state index in [9.17, 15) is 18.0 Å². The number of carbonyl (C=O) groups excluding carboxylic acids is 1. The van der Waals surface area contributed by atoms with Crippen molar-refractivity contribution < 1.29 is 22.7 Å². The third-order valence-electron chi connectivity index (χ3n) is 5.30.